The second kappa shape index (κ2) is 9.91. The fourth-order valence-electron chi connectivity index (χ4n) is 4.97. The number of amides is 1. The van der Waals surface area contributed by atoms with E-state index < -0.39 is 0 Å². The summed E-state index contributed by atoms with van der Waals surface area (Å²) < 4.78 is 5.93. The average Bonchev–Trinajstić information content (AvgIpc) is 3.65. The highest BCUT2D eigenvalue weighted by molar-refractivity contribution is 7.15. The SMILES string of the molecule is CC(=O)N1CCc2sc(-c3nc(Nc4ccc(OCCN5CCCC5)cc4)nc4[nH]ccc34)cc2C1. The van der Waals surface area contributed by atoms with E-state index >= 15 is 0 Å². The van der Waals surface area contributed by atoms with Crippen LogP contribution in [0.5, 0.6) is 5.75 Å². The third-order valence-corrected chi connectivity index (χ3v) is 8.19. The largest absolute Gasteiger partial charge is 0.492 e. The molecule has 6 rings (SSSR count). The van der Waals surface area contributed by atoms with E-state index in [2.05, 4.69) is 26.3 Å². The lowest BCUT2D eigenvalue weighted by Gasteiger charge is -2.25. The van der Waals surface area contributed by atoms with Crippen molar-refractivity contribution in [2.45, 2.75) is 32.7 Å². The summed E-state index contributed by atoms with van der Waals surface area (Å²) in [6, 6.07) is 12.1. The Kier molecular flexibility index (Phi) is 6.33. The molecule has 1 saturated heterocycles. The van der Waals surface area contributed by atoms with Crippen LogP contribution >= 0.6 is 11.3 Å². The van der Waals surface area contributed by atoms with Gasteiger partial charge in [0, 0.05) is 48.7 Å². The van der Waals surface area contributed by atoms with Crippen molar-refractivity contribution in [1.82, 2.24) is 24.8 Å². The van der Waals surface area contributed by atoms with Crippen LogP contribution in [0, 0.1) is 0 Å². The van der Waals surface area contributed by atoms with Crippen LogP contribution in [0.1, 0.15) is 30.2 Å². The highest BCUT2D eigenvalue weighted by Gasteiger charge is 2.23. The van der Waals surface area contributed by atoms with E-state index in [9.17, 15) is 4.79 Å². The summed E-state index contributed by atoms with van der Waals surface area (Å²) in [5.74, 6) is 1.53. The zero-order chi connectivity index (χ0) is 24.5. The van der Waals surface area contributed by atoms with Crippen LogP contribution in [-0.2, 0) is 17.8 Å². The van der Waals surface area contributed by atoms with Crippen molar-refractivity contribution < 1.29 is 9.53 Å². The molecule has 3 aromatic heterocycles. The molecule has 2 aliphatic heterocycles. The van der Waals surface area contributed by atoms with Crippen LogP contribution < -0.4 is 10.1 Å². The predicted molar refractivity (Wildman–Crippen MR) is 143 cm³/mol. The Labute approximate surface area is 214 Å². The highest BCUT2D eigenvalue weighted by Crippen LogP contribution is 2.37. The summed E-state index contributed by atoms with van der Waals surface area (Å²) in [6.45, 7) is 7.13. The monoisotopic (exact) mass is 502 g/mol. The molecular weight excluding hydrogens is 472 g/mol. The lowest BCUT2D eigenvalue weighted by molar-refractivity contribution is -0.129. The quantitative estimate of drug-likeness (QED) is 0.377. The van der Waals surface area contributed by atoms with Gasteiger partial charge in [0.2, 0.25) is 11.9 Å². The molecule has 1 amide bonds. The fraction of sp³-hybridized carbons (Fsp3) is 0.370. The number of aromatic amines is 1. The molecular formula is C27H30N6O2S. The van der Waals surface area contributed by atoms with Crippen molar-refractivity contribution in [2.75, 3.05) is 38.1 Å². The van der Waals surface area contributed by atoms with Gasteiger partial charge in [-0.25, -0.2) is 4.98 Å². The summed E-state index contributed by atoms with van der Waals surface area (Å²) >= 11 is 1.76. The minimum Gasteiger partial charge on any atom is -0.492 e. The Morgan fingerprint density at radius 3 is 2.78 bits per heavy atom. The number of nitrogens with one attached hydrogen (secondary N) is 2. The number of fused-ring (bicyclic) bond motifs is 2. The molecule has 1 aromatic carbocycles. The van der Waals surface area contributed by atoms with Gasteiger partial charge < -0.3 is 19.9 Å². The summed E-state index contributed by atoms with van der Waals surface area (Å²) in [6.07, 6.45) is 5.38. The zero-order valence-electron chi connectivity index (χ0n) is 20.4. The normalized spacial score (nSPS) is 15.9. The number of carbonyl (C=O) groups is 1. The number of hydrogen-bond acceptors (Lipinski definition) is 7. The predicted octanol–water partition coefficient (Wildman–Crippen LogP) is 4.81. The van der Waals surface area contributed by atoms with Crippen molar-refractivity contribution in [2.24, 2.45) is 0 Å². The Balaban J connectivity index is 1.19. The van der Waals surface area contributed by atoms with Crippen molar-refractivity contribution in [3.8, 4) is 16.3 Å². The maximum absolute atomic E-state index is 11.9. The van der Waals surface area contributed by atoms with Crippen LogP contribution in [0.25, 0.3) is 21.6 Å². The lowest BCUT2D eigenvalue weighted by atomic mass is 10.1. The Bertz CT molecular complexity index is 1370. The molecule has 4 aromatic rings. The molecule has 0 bridgehead atoms. The third kappa shape index (κ3) is 4.81. The minimum absolute atomic E-state index is 0.123. The first-order valence-electron chi connectivity index (χ1n) is 12.6. The molecule has 0 unspecified atom stereocenters. The Hall–Kier alpha value is -3.43. The van der Waals surface area contributed by atoms with Gasteiger partial charge in [-0.15, -0.1) is 11.3 Å². The standard InChI is InChI=1S/C27H30N6O2S/c1-18(34)33-13-9-23-19(17-33)16-24(36-23)25-22-8-10-28-26(22)31-27(30-25)29-20-4-6-21(7-5-20)35-15-14-32-11-2-3-12-32/h4-8,10,16H,2-3,9,11-15,17H2,1H3,(H2,28,29,30,31). The number of nitrogens with zero attached hydrogens (tertiary/aromatic N) is 4. The highest BCUT2D eigenvalue weighted by atomic mass is 32.1. The molecule has 36 heavy (non-hydrogen) atoms. The summed E-state index contributed by atoms with van der Waals surface area (Å²) in [5.41, 5.74) is 3.82. The van der Waals surface area contributed by atoms with Gasteiger partial charge in [0.25, 0.3) is 0 Å². The van der Waals surface area contributed by atoms with Crippen molar-refractivity contribution in [1.29, 1.82) is 0 Å². The Morgan fingerprint density at radius 1 is 1.14 bits per heavy atom. The summed E-state index contributed by atoms with van der Waals surface area (Å²) in [4.78, 5) is 31.5. The number of aromatic nitrogens is 3. The van der Waals surface area contributed by atoms with Crippen molar-refractivity contribution >= 4 is 39.9 Å². The van der Waals surface area contributed by atoms with E-state index in [1.54, 1.807) is 18.3 Å². The molecule has 2 N–H and O–H groups in total. The first-order chi connectivity index (χ1) is 17.6. The number of ether oxygens (including phenoxy) is 1. The van der Waals surface area contributed by atoms with Gasteiger partial charge in [0.05, 0.1) is 10.6 Å². The molecule has 5 heterocycles. The maximum Gasteiger partial charge on any atom is 0.229 e. The Morgan fingerprint density at radius 2 is 1.97 bits per heavy atom. The van der Waals surface area contributed by atoms with Crippen LogP contribution in [0.2, 0.25) is 0 Å². The number of rotatable bonds is 7. The number of anilines is 2. The molecule has 0 radical (unpaired) electrons. The number of H-pyrrole nitrogens is 1. The average molecular weight is 503 g/mol. The molecule has 2 aliphatic rings. The lowest BCUT2D eigenvalue weighted by Crippen LogP contribution is -2.33. The number of thiophene rings is 1. The summed E-state index contributed by atoms with van der Waals surface area (Å²) in [5, 5.41) is 4.34. The topological polar surface area (TPSA) is 86.4 Å². The second-order valence-corrected chi connectivity index (χ2v) is 10.6. The van der Waals surface area contributed by atoms with Gasteiger partial charge >= 0.3 is 0 Å². The first kappa shape index (κ1) is 23.0. The number of hydrogen-bond donors (Lipinski definition) is 2. The van der Waals surface area contributed by atoms with Crippen LogP contribution in [0.3, 0.4) is 0 Å². The van der Waals surface area contributed by atoms with Gasteiger partial charge in [-0.2, -0.15) is 4.98 Å². The van der Waals surface area contributed by atoms with Gasteiger partial charge in [-0.3, -0.25) is 9.69 Å². The molecule has 0 saturated carbocycles. The molecule has 0 atom stereocenters. The van der Waals surface area contributed by atoms with E-state index in [-0.39, 0.29) is 5.91 Å². The molecule has 0 spiro atoms. The molecule has 9 heteroatoms. The van der Waals surface area contributed by atoms with Gasteiger partial charge in [-0.05, 0) is 74.3 Å². The zero-order valence-corrected chi connectivity index (χ0v) is 21.2. The smallest absolute Gasteiger partial charge is 0.229 e. The molecule has 186 valence electrons. The summed E-state index contributed by atoms with van der Waals surface area (Å²) in [7, 11) is 0. The maximum atomic E-state index is 11.9. The van der Waals surface area contributed by atoms with Crippen molar-refractivity contribution in [3.05, 3.63) is 53.0 Å². The number of benzene rings is 1. The van der Waals surface area contributed by atoms with E-state index in [1.165, 1.54) is 36.4 Å². The van der Waals surface area contributed by atoms with Gasteiger partial charge in [0.15, 0.2) is 0 Å². The first-order valence-corrected chi connectivity index (χ1v) is 13.4. The van der Waals surface area contributed by atoms with Crippen LogP contribution in [0.4, 0.5) is 11.6 Å². The molecule has 1 fully saturated rings. The fourth-order valence-corrected chi connectivity index (χ4v) is 6.13. The minimum atomic E-state index is 0.123. The number of carbonyl (C=O) groups excluding carboxylic acids is 1. The van der Waals surface area contributed by atoms with Crippen LogP contribution in [-0.4, -0.2) is 63.4 Å². The van der Waals surface area contributed by atoms with Crippen LogP contribution in [0.15, 0.2) is 42.6 Å². The third-order valence-electron chi connectivity index (χ3n) is 6.95. The van der Waals surface area contributed by atoms with E-state index in [0.29, 0.717) is 19.1 Å². The van der Waals surface area contributed by atoms with Crippen molar-refractivity contribution in [3.63, 3.8) is 0 Å². The number of likely N-dealkylation sites (tertiary alicyclic amines) is 1. The molecule has 8 nitrogen and oxygen atoms in total. The van der Waals surface area contributed by atoms with E-state index in [4.69, 9.17) is 9.72 Å². The second-order valence-electron chi connectivity index (χ2n) is 9.43. The molecule has 0 aliphatic carbocycles. The van der Waals surface area contributed by atoms with E-state index in [1.807, 2.05) is 41.4 Å². The van der Waals surface area contributed by atoms with Gasteiger partial charge in [-0.1, -0.05) is 0 Å². The van der Waals surface area contributed by atoms with E-state index in [0.717, 1.165) is 52.6 Å². The van der Waals surface area contributed by atoms with Gasteiger partial charge in [0.1, 0.15) is 18.0 Å².